The van der Waals surface area contributed by atoms with Crippen molar-refractivity contribution in [1.82, 2.24) is 9.97 Å². The van der Waals surface area contributed by atoms with Crippen LogP contribution in [0.25, 0.3) is 11.3 Å². The summed E-state index contributed by atoms with van der Waals surface area (Å²) in [5, 5.41) is 2.47. The number of carbonyl (C=O) groups is 1. The molecule has 0 atom stereocenters. The van der Waals surface area contributed by atoms with E-state index < -0.39 is 50.8 Å². The minimum Gasteiger partial charge on any atom is -0.454 e. The molecule has 0 spiro atoms. The summed E-state index contributed by atoms with van der Waals surface area (Å²) < 4.78 is 89.4. The summed E-state index contributed by atoms with van der Waals surface area (Å²) in [7, 11) is -4.54. The number of halogens is 4. The SMILES string of the molecule is CC(=NOC(=O)CCS(=O)(=O)c1nc(-c2ccc3c(c2)OCO3)cc(C(F)(F)F)n1)c1ccc(F)cc1. The van der Waals surface area contributed by atoms with Crippen LogP contribution < -0.4 is 9.47 Å². The summed E-state index contributed by atoms with van der Waals surface area (Å²) in [4.78, 5) is 23.7. The zero-order valence-electron chi connectivity index (χ0n) is 19.0. The number of aromatic nitrogens is 2. The molecule has 0 saturated heterocycles. The van der Waals surface area contributed by atoms with Gasteiger partial charge >= 0.3 is 12.1 Å². The molecule has 3 aromatic rings. The number of rotatable bonds is 7. The first-order valence-corrected chi connectivity index (χ1v) is 12.2. The lowest BCUT2D eigenvalue weighted by Crippen LogP contribution is -2.18. The summed E-state index contributed by atoms with van der Waals surface area (Å²) in [6, 6.07) is 9.96. The second-order valence-electron chi connectivity index (χ2n) is 7.70. The maximum absolute atomic E-state index is 13.5. The van der Waals surface area contributed by atoms with E-state index in [2.05, 4.69) is 20.0 Å². The fraction of sp³-hybridized carbons (Fsp3) is 0.217. The molecule has 14 heteroatoms. The van der Waals surface area contributed by atoms with Crippen molar-refractivity contribution in [3.63, 3.8) is 0 Å². The van der Waals surface area contributed by atoms with Crippen LogP contribution in [0, 0.1) is 5.82 Å². The Morgan fingerprint density at radius 3 is 2.46 bits per heavy atom. The number of oxime groups is 1. The highest BCUT2D eigenvalue weighted by Gasteiger charge is 2.35. The minimum atomic E-state index is -4.97. The summed E-state index contributed by atoms with van der Waals surface area (Å²) in [5.74, 6) is -1.84. The monoisotopic (exact) mass is 539 g/mol. The van der Waals surface area contributed by atoms with Crippen molar-refractivity contribution in [3.05, 3.63) is 65.6 Å². The van der Waals surface area contributed by atoms with Crippen molar-refractivity contribution in [3.8, 4) is 22.8 Å². The van der Waals surface area contributed by atoms with E-state index in [1.165, 1.54) is 49.4 Å². The van der Waals surface area contributed by atoms with E-state index in [0.29, 0.717) is 17.4 Å². The summed E-state index contributed by atoms with van der Waals surface area (Å²) in [6.07, 6.45) is -5.70. The third-order valence-electron chi connectivity index (χ3n) is 5.06. The van der Waals surface area contributed by atoms with Gasteiger partial charge in [0.1, 0.15) is 11.5 Å². The molecule has 37 heavy (non-hydrogen) atoms. The Morgan fingerprint density at radius 1 is 1.05 bits per heavy atom. The number of hydrogen-bond acceptors (Lipinski definition) is 9. The van der Waals surface area contributed by atoms with Crippen molar-refractivity contribution in [2.75, 3.05) is 12.5 Å². The van der Waals surface area contributed by atoms with E-state index in [0.717, 1.165) is 0 Å². The molecule has 0 N–H and O–H groups in total. The van der Waals surface area contributed by atoms with Gasteiger partial charge in [-0.15, -0.1) is 0 Å². The van der Waals surface area contributed by atoms with Gasteiger partial charge in [0.2, 0.25) is 21.8 Å². The molecule has 0 radical (unpaired) electrons. The Balaban J connectivity index is 1.53. The molecule has 9 nitrogen and oxygen atoms in total. The Hall–Kier alpha value is -4.07. The van der Waals surface area contributed by atoms with Crippen LogP contribution in [0.1, 0.15) is 24.6 Å². The van der Waals surface area contributed by atoms with Crippen LogP contribution in [-0.2, 0) is 25.6 Å². The van der Waals surface area contributed by atoms with Crippen LogP contribution in [-0.4, -0.2) is 42.6 Å². The van der Waals surface area contributed by atoms with Crippen molar-refractivity contribution < 1.29 is 45.1 Å². The number of fused-ring (bicyclic) bond motifs is 1. The average Bonchev–Trinajstić information content (AvgIpc) is 3.34. The molecule has 0 aliphatic carbocycles. The summed E-state index contributed by atoms with van der Waals surface area (Å²) in [6.45, 7) is 1.41. The second-order valence-corrected chi connectivity index (χ2v) is 9.71. The van der Waals surface area contributed by atoms with Crippen LogP contribution in [0.5, 0.6) is 11.5 Å². The van der Waals surface area contributed by atoms with Gasteiger partial charge in [0.15, 0.2) is 11.5 Å². The Morgan fingerprint density at radius 2 is 1.76 bits per heavy atom. The van der Waals surface area contributed by atoms with Gasteiger partial charge in [0.25, 0.3) is 0 Å². The van der Waals surface area contributed by atoms with Gasteiger partial charge in [-0.3, -0.25) is 0 Å². The molecule has 0 bridgehead atoms. The summed E-state index contributed by atoms with van der Waals surface area (Å²) >= 11 is 0. The average molecular weight is 539 g/mol. The maximum atomic E-state index is 13.5. The van der Waals surface area contributed by atoms with Gasteiger partial charge in [-0.05, 0) is 48.9 Å². The number of benzene rings is 2. The van der Waals surface area contributed by atoms with Gasteiger partial charge < -0.3 is 14.3 Å². The first-order chi connectivity index (χ1) is 17.4. The van der Waals surface area contributed by atoms with Crippen LogP contribution >= 0.6 is 0 Å². The largest absolute Gasteiger partial charge is 0.454 e. The number of carbonyl (C=O) groups excluding carboxylic acids is 1. The van der Waals surface area contributed by atoms with Gasteiger partial charge in [0.05, 0.1) is 23.6 Å². The Bertz CT molecular complexity index is 1470. The first kappa shape index (κ1) is 26.0. The first-order valence-electron chi connectivity index (χ1n) is 10.5. The van der Waals surface area contributed by atoms with E-state index in [-0.39, 0.29) is 29.5 Å². The second kappa shape index (κ2) is 10.1. The molecule has 0 unspecified atom stereocenters. The van der Waals surface area contributed by atoms with Gasteiger partial charge in [-0.25, -0.2) is 27.6 Å². The fourth-order valence-electron chi connectivity index (χ4n) is 3.13. The molecular weight excluding hydrogens is 522 g/mol. The number of sulfone groups is 1. The normalized spacial score (nSPS) is 13.5. The lowest BCUT2D eigenvalue weighted by molar-refractivity contribution is -0.143. The van der Waals surface area contributed by atoms with Crippen molar-refractivity contribution in [2.45, 2.75) is 24.7 Å². The van der Waals surface area contributed by atoms with Gasteiger partial charge in [0, 0.05) is 5.56 Å². The Labute approximate surface area is 207 Å². The molecule has 1 aliphatic heterocycles. The molecular formula is C23H17F4N3O6S. The smallest absolute Gasteiger partial charge is 0.433 e. The molecule has 2 heterocycles. The number of hydrogen-bond donors (Lipinski definition) is 0. The van der Waals surface area contributed by atoms with E-state index >= 15 is 0 Å². The molecule has 4 rings (SSSR count). The van der Waals surface area contributed by atoms with Crippen LogP contribution in [0.3, 0.4) is 0 Å². The van der Waals surface area contributed by atoms with Crippen LogP contribution in [0.2, 0.25) is 0 Å². The molecule has 0 fully saturated rings. The maximum Gasteiger partial charge on any atom is 0.433 e. The highest BCUT2D eigenvalue weighted by atomic mass is 32.2. The zero-order chi connectivity index (χ0) is 26.8. The molecule has 194 valence electrons. The summed E-state index contributed by atoms with van der Waals surface area (Å²) in [5.41, 5.74) is -0.989. The minimum absolute atomic E-state index is 0.0699. The highest BCUT2D eigenvalue weighted by Crippen LogP contribution is 2.37. The third-order valence-corrected chi connectivity index (χ3v) is 6.54. The van der Waals surface area contributed by atoms with Crippen LogP contribution in [0.15, 0.2) is 58.8 Å². The molecule has 1 aliphatic rings. The van der Waals surface area contributed by atoms with E-state index in [1.54, 1.807) is 0 Å². The van der Waals surface area contributed by atoms with Crippen molar-refractivity contribution >= 4 is 21.5 Å². The van der Waals surface area contributed by atoms with Crippen LogP contribution in [0.4, 0.5) is 17.6 Å². The highest BCUT2D eigenvalue weighted by molar-refractivity contribution is 7.91. The van der Waals surface area contributed by atoms with E-state index in [4.69, 9.17) is 9.47 Å². The molecule has 0 amide bonds. The molecule has 2 aromatic carbocycles. The van der Waals surface area contributed by atoms with E-state index in [1.807, 2.05) is 0 Å². The standard InChI is InChI=1S/C23H17F4N3O6S/c1-13(14-2-5-16(24)6-3-14)30-36-21(31)8-9-37(32,33)22-28-17(11-20(29-22)23(25,26)27)15-4-7-18-19(10-15)35-12-34-18/h2-7,10-11H,8-9,12H2,1H3. The van der Waals surface area contributed by atoms with Gasteiger partial charge in [-0.1, -0.05) is 17.3 Å². The van der Waals surface area contributed by atoms with Crippen molar-refractivity contribution in [2.24, 2.45) is 5.16 Å². The number of alkyl halides is 3. The van der Waals surface area contributed by atoms with E-state index in [9.17, 15) is 30.8 Å². The lowest BCUT2D eigenvalue weighted by atomic mass is 10.1. The van der Waals surface area contributed by atoms with Crippen molar-refractivity contribution in [1.29, 1.82) is 0 Å². The lowest BCUT2D eigenvalue weighted by Gasteiger charge is -2.11. The topological polar surface area (TPSA) is 117 Å². The zero-order valence-corrected chi connectivity index (χ0v) is 19.8. The predicted octanol–water partition coefficient (Wildman–Crippen LogP) is 4.16. The molecule has 1 aromatic heterocycles. The number of nitrogens with zero attached hydrogens (tertiary/aromatic N) is 3. The number of ether oxygens (including phenoxy) is 2. The molecule has 0 saturated carbocycles. The quantitative estimate of drug-likeness (QED) is 0.144. The Kier molecular flexibility index (Phi) is 7.12. The predicted molar refractivity (Wildman–Crippen MR) is 120 cm³/mol. The van der Waals surface area contributed by atoms with Gasteiger partial charge in [-0.2, -0.15) is 13.2 Å². The fourth-order valence-corrected chi connectivity index (χ4v) is 4.22. The third kappa shape index (κ3) is 6.20.